The third-order valence-electron chi connectivity index (χ3n) is 5.07. The number of amides is 1. The van der Waals surface area contributed by atoms with Crippen LogP contribution < -0.4 is 5.32 Å². The number of aromatic nitrogens is 3. The molecule has 1 amide bonds. The summed E-state index contributed by atoms with van der Waals surface area (Å²) in [5, 5.41) is 22.6. The second-order valence-corrected chi connectivity index (χ2v) is 8.27. The number of aliphatic hydroxyl groups is 1. The molecule has 25 heavy (non-hydrogen) atoms. The highest BCUT2D eigenvalue weighted by atomic mass is 32.1. The molecule has 2 atom stereocenters. The van der Waals surface area contributed by atoms with Crippen LogP contribution in [0.5, 0.6) is 0 Å². The van der Waals surface area contributed by atoms with Crippen LogP contribution in [0.3, 0.4) is 0 Å². The summed E-state index contributed by atoms with van der Waals surface area (Å²) >= 11 is 6.85. The third kappa shape index (κ3) is 3.86. The minimum absolute atomic E-state index is 0.173. The fraction of sp³-hybridized carbons (Fsp3) is 0.588. The maximum Gasteiger partial charge on any atom is 0.243 e. The first-order chi connectivity index (χ1) is 11.9. The minimum Gasteiger partial charge on any atom is -0.388 e. The quantitative estimate of drug-likeness (QED) is 0.672. The van der Waals surface area contributed by atoms with Crippen LogP contribution in [0.25, 0.3) is 10.7 Å². The van der Waals surface area contributed by atoms with Crippen molar-refractivity contribution in [3.05, 3.63) is 22.3 Å². The molecule has 8 heteroatoms. The summed E-state index contributed by atoms with van der Waals surface area (Å²) in [5.74, 6) is 0.736. The molecule has 6 nitrogen and oxygen atoms in total. The van der Waals surface area contributed by atoms with E-state index in [1.165, 1.54) is 0 Å². The molecule has 2 aromatic heterocycles. The predicted molar refractivity (Wildman–Crippen MR) is 101 cm³/mol. The summed E-state index contributed by atoms with van der Waals surface area (Å²) < 4.78 is 2.13. The van der Waals surface area contributed by atoms with Gasteiger partial charge in [-0.3, -0.25) is 14.5 Å². The number of carbonyl (C=O) groups excluding carboxylic acids is 1. The Bertz CT molecular complexity index is 773. The first-order valence-electron chi connectivity index (χ1n) is 8.61. The Morgan fingerprint density at radius 3 is 2.96 bits per heavy atom. The van der Waals surface area contributed by atoms with E-state index in [0.717, 1.165) is 30.6 Å². The van der Waals surface area contributed by atoms with Crippen molar-refractivity contribution in [2.75, 3.05) is 6.54 Å². The van der Waals surface area contributed by atoms with E-state index in [1.54, 1.807) is 22.8 Å². The summed E-state index contributed by atoms with van der Waals surface area (Å²) in [4.78, 5) is 13.6. The number of nitrogens with one attached hydrogen (secondary N) is 2. The first-order valence-corrected chi connectivity index (χ1v) is 9.90. The largest absolute Gasteiger partial charge is 0.388 e. The molecule has 3 rings (SSSR count). The van der Waals surface area contributed by atoms with Crippen molar-refractivity contribution in [1.82, 2.24) is 20.1 Å². The normalized spacial score (nSPS) is 18.8. The molecule has 2 aromatic rings. The van der Waals surface area contributed by atoms with Crippen LogP contribution in [0.4, 0.5) is 0 Å². The molecule has 1 saturated carbocycles. The summed E-state index contributed by atoms with van der Waals surface area (Å²) in [7, 11) is 0. The maximum absolute atomic E-state index is 12.6. The van der Waals surface area contributed by atoms with Gasteiger partial charge in [-0.2, -0.15) is 5.10 Å². The van der Waals surface area contributed by atoms with E-state index in [2.05, 4.69) is 15.5 Å². The number of H-pyrrole nitrogens is 1. The molecule has 1 aliphatic carbocycles. The molecule has 1 aliphatic rings. The lowest BCUT2D eigenvalue weighted by Crippen LogP contribution is -2.46. The van der Waals surface area contributed by atoms with Crippen LogP contribution in [0, 0.1) is 10.7 Å². The summed E-state index contributed by atoms with van der Waals surface area (Å²) in [5.41, 5.74) is -0.875. The van der Waals surface area contributed by atoms with Gasteiger partial charge in [0.05, 0.1) is 10.5 Å². The van der Waals surface area contributed by atoms with Gasteiger partial charge in [-0.15, -0.1) is 11.3 Å². The van der Waals surface area contributed by atoms with Gasteiger partial charge < -0.3 is 10.4 Å². The minimum atomic E-state index is -0.875. The van der Waals surface area contributed by atoms with Crippen molar-refractivity contribution in [1.29, 1.82) is 0 Å². The highest BCUT2D eigenvalue weighted by molar-refractivity contribution is 7.71. The maximum atomic E-state index is 12.6. The SMILES string of the molecule is C[C@@H](C(=O)NC[C@](C)(O)C1CCCC1)n1c(-c2cccs2)n[nH]c1=S. The Morgan fingerprint density at radius 1 is 1.60 bits per heavy atom. The highest BCUT2D eigenvalue weighted by Crippen LogP contribution is 2.33. The van der Waals surface area contributed by atoms with Crippen LogP contribution in [-0.4, -0.2) is 37.9 Å². The van der Waals surface area contributed by atoms with Crippen LogP contribution in [0.15, 0.2) is 17.5 Å². The Kier molecular flexibility index (Phi) is 5.41. The van der Waals surface area contributed by atoms with E-state index in [9.17, 15) is 9.90 Å². The fourth-order valence-electron chi connectivity index (χ4n) is 3.47. The van der Waals surface area contributed by atoms with Gasteiger partial charge in [-0.1, -0.05) is 18.9 Å². The van der Waals surface area contributed by atoms with Gasteiger partial charge in [0.2, 0.25) is 5.91 Å². The zero-order valence-corrected chi connectivity index (χ0v) is 16.1. The van der Waals surface area contributed by atoms with Gasteiger partial charge in [0.1, 0.15) is 6.04 Å². The molecular weight excluding hydrogens is 356 g/mol. The van der Waals surface area contributed by atoms with Gasteiger partial charge >= 0.3 is 0 Å². The van der Waals surface area contributed by atoms with Crippen molar-refractivity contribution in [2.24, 2.45) is 5.92 Å². The zero-order chi connectivity index (χ0) is 18.0. The lowest BCUT2D eigenvalue weighted by molar-refractivity contribution is -0.125. The topological polar surface area (TPSA) is 82.9 Å². The fourth-order valence-corrected chi connectivity index (χ4v) is 4.47. The lowest BCUT2D eigenvalue weighted by Gasteiger charge is -2.30. The Hall–Kier alpha value is -1.51. The van der Waals surface area contributed by atoms with E-state index in [4.69, 9.17) is 12.2 Å². The molecule has 0 aliphatic heterocycles. The predicted octanol–water partition coefficient (Wildman–Crippen LogP) is 3.29. The lowest BCUT2D eigenvalue weighted by atomic mass is 9.87. The molecular formula is C17H24N4O2S2. The molecule has 0 radical (unpaired) electrons. The first kappa shape index (κ1) is 18.3. The van der Waals surface area contributed by atoms with Crippen LogP contribution in [0.1, 0.15) is 45.6 Å². The van der Waals surface area contributed by atoms with Gasteiger partial charge in [0.25, 0.3) is 0 Å². The number of nitrogens with zero attached hydrogens (tertiary/aromatic N) is 2. The zero-order valence-electron chi connectivity index (χ0n) is 14.5. The third-order valence-corrected chi connectivity index (χ3v) is 6.22. The second-order valence-electron chi connectivity index (χ2n) is 6.93. The van der Waals surface area contributed by atoms with Gasteiger partial charge in [-0.05, 0) is 56.3 Å². The van der Waals surface area contributed by atoms with E-state index in [-0.39, 0.29) is 18.4 Å². The molecule has 0 saturated heterocycles. The molecule has 0 unspecified atom stereocenters. The van der Waals surface area contributed by atoms with E-state index in [1.807, 2.05) is 24.4 Å². The number of hydrogen-bond donors (Lipinski definition) is 3. The van der Waals surface area contributed by atoms with Crippen molar-refractivity contribution in [3.8, 4) is 10.7 Å². The Balaban J connectivity index is 1.71. The number of rotatable bonds is 6. The van der Waals surface area contributed by atoms with Crippen molar-refractivity contribution in [2.45, 2.75) is 51.2 Å². The summed E-state index contributed by atoms with van der Waals surface area (Å²) in [6, 6.07) is 3.37. The molecule has 2 heterocycles. The van der Waals surface area contributed by atoms with E-state index >= 15 is 0 Å². The molecule has 0 aromatic carbocycles. The standard InChI is InChI=1S/C17H24N4O2S2/c1-11(15(22)18-10-17(2,23)12-6-3-4-7-12)21-14(19-20-16(21)24)13-8-5-9-25-13/h5,8-9,11-12,23H,3-4,6-7,10H2,1-2H3,(H,18,22)(H,20,24)/t11-,17-/m0/s1. The van der Waals surface area contributed by atoms with Gasteiger partial charge in [0.15, 0.2) is 10.6 Å². The molecule has 0 bridgehead atoms. The van der Waals surface area contributed by atoms with Gasteiger partial charge in [-0.25, -0.2) is 0 Å². The monoisotopic (exact) mass is 380 g/mol. The van der Waals surface area contributed by atoms with Crippen LogP contribution >= 0.6 is 23.6 Å². The summed E-state index contributed by atoms with van der Waals surface area (Å²) in [6.45, 7) is 3.86. The highest BCUT2D eigenvalue weighted by Gasteiger charge is 2.34. The van der Waals surface area contributed by atoms with E-state index in [0.29, 0.717) is 10.6 Å². The average Bonchev–Trinajstić information content (AvgIpc) is 3.32. The van der Waals surface area contributed by atoms with Gasteiger partial charge in [0, 0.05) is 6.54 Å². The Labute approximate surface area is 156 Å². The van der Waals surface area contributed by atoms with E-state index < -0.39 is 11.6 Å². The summed E-state index contributed by atoms with van der Waals surface area (Å²) in [6.07, 6.45) is 4.35. The number of hydrogen-bond acceptors (Lipinski definition) is 5. The molecule has 3 N–H and O–H groups in total. The molecule has 136 valence electrons. The van der Waals surface area contributed by atoms with Crippen LogP contribution in [-0.2, 0) is 4.79 Å². The molecule has 0 spiro atoms. The van der Waals surface area contributed by atoms with Crippen LogP contribution in [0.2, 0.25) is 0 Å². The van der Waals surface area contributed by atoms with Crippen molar-refractivity contribution >= 4 is 29.5 Å². The molecule has 1 fully saturated rings. The smallest absolute Gasteiger partial charge is 0.243 e. The second kappa shape index (κ2) is 7.39. The van der Waals surface area contributed by atoms with Crippen molar-refractivity contribution < 1.29 is 9.90 Å². The number of aromatic amines is 1. The van der Waals surface area contributed by atoms with Crippen molar-refractivity contribution in [3.63, 3.8) is 0 Å². The number of carbonyl (C=O) groups is 1. The Morgan fingerprint density at radius 2 is 2.32 bits per heavy atom. The number of thiophene rings is 1. The average molecular weight is 381 g/mol.